The first kappa shape index (κ1) is 14.3. The topological polar surface area (TPSA) is 41.1 Å². The number of rotatable bonds is 5. The summed E-state index contributed by atoms with van der Waals surface area (Å²) in [6.45, 7) is 11.9. The lowest BCUT2D eigenvalue weighted by molar-refractivity contribution is 0.547. The Morgan fingerprint density at radius 3 is 2.63 bits per heavy atom. The van der Waals surface area contributed by atoms with Crippen LogP contribution in [0.25, 0.3) is 0 Å². The molecule has 1 aromatic heterocycles. The molecule has 2 unspecified atom stereocenters. The number of nitrogens with one attached hydrogen (secondary N) is 1. The van der Waals surface area contributed by atoms with Gasteiger partial charge in [0.2, 0.25) is 0 Å². The number of hydrogen-bond acceptors (Lipinski definition) is 4. The molecule has 0 aliphatic carbocycles. The predicted molar refractivity (Wildman–Crippen MR) is 79.2 cm³/mol. The molecule has 4 nitrogen and oxygen atoms in total. The molecular weight excluding hydrogens is 236 g/mol. The molecule has 2 atom stereocenters. The second-order valence-electron chi connectivity index (χ2n) is 6.23. The first-order valence-electron chi connectivity index (χ1n) is 7.34. The Labute approximate surface area is 116 Å². The third kappa shape index (κ3) is 3.90. The van der Waals surface area contributed by atoms with Crippen LogP contribution < -0.4 is 10.2 Å². The van der Waals surface area contributed by atoms with Crippen LogP contribution in [0.5, 0.6) is 0 Å². The lowest BCUT2D eigenvalue weighted by Gasteiger charge is -2.22. The standard InChI is InChI=1S/C15H26N4/c1-11(2)6-16-7-14-8-18-15(9-17-14)19-10-12(3)5-13(19)4/h8-9,11-13,16H,5-7,10H2,1-4H3. The van der Waals surface area contributed by atoms with Crippen LogP contribution >= 0.6 is 0 Å². The first-order chi connectivity index (χ1) is 9.06. The highest BCUT2D eigenvalue weighted by Crippen LogP contribution is 2.26. The summed E-state index contributed by atoms with van der Waals surface area (Å²) in [7, 11) is 0. The summed E-state index contributed by atoms with van der Waals surface area (Å²) in [5.41, 5.74) is 1.02. The molecule has 0 spiro atoms. The zero-order valence-electron chi connectivity index (χ0n) is 12.6. The van der Waals surface area contributed by atoms with E-state index in [4.69, 9.17) is 0 Å². The van der Waals surface area contributed by atoms with Gasteiger partial charge in [0.1, 0.15) is 5.82 Å². The van der Waals surface area contributed by atoms with Crippen molar-refractivity contribution in [1.29, 1.82) is 0 Å². The van der Waals surface area contributed by atoms with Crippen molar-refractivity contribution in [2.45, 2.75) is 46.7 Å². The molecule has 0 bridgehead atoms. The lowest BCUT2D eigenvalue weighted by Crippen LogP contribution is -2.28. The van der Waals surface area contributed by atoms with Gasteiger partial charge in [0.25, 0.3) is 0 Å². The maximum atomic E-state index is 4.57. The molecule has 1 aliphatic rings. The molecule has 0 amide bonds. The van der Waals surface area contributed by atoms with Crippen molar-refractivity contribution in [3.63, 3.8) is 0 Å². The van der Waals surface area contributed by atoms with E-state index in [0.717, 1.165) is 37.1 Å². The third-order valence-electron chi connectivity index (χ3n) is 3.63. The zero-order chi connectivity index (χ0) is 13.8. The maximum Gasteiger partial charge on any atom is 0.147 e. The molecule has 0 aromatic carbocycles. The number of anilines is 1. The predicted octanol–water partition coefficient (Wildman–Crippen LogP) is 2.46. The van der Waals surface area contributed by atoms with E-state index in [1.807, 2.05) is 12.4 Å². The Kier molecular flexibility index (Phi) is 4.75. The van der Waals surface area contributed by atoms with Gasteiger partial charge in [-0.25, -0.2) is 4.98 Å². The van der Waals surface area contributed by atoms with E-state index >= 15 is 0 Å². The Morgan fingerprint density at radius 1 is 1.32 bits per heavy atom. The molecular formula is C15H26N4. The van der Waals surface area contributed by atoms with Crippen LogP contribution in [0.3, 0.4) is 0 Å². The van der Waals surface area contributed by atoms with Gasteiger partial charge in [-0.2, -0.15) is 0 Å². The highest BCUT2D eigenvalue weighted by molar-refractivity contribution is 5.38. The first-order valence-corrected chi connectivity index (χ1v) is 7.34. The van der Waals surface area contributed by atoms with Crippen LogP contribution in [0.4, 0.5) is 5.82 Å². The molecule has 2 heterocycles. The maximum absolute atomic E-state index is 4.57. The number of aromatic nitrogens is 2. The summed E-state index contributed by atoms with van der Waals surface area (Å²) in [5, 5.41) is 3.39. The molecule has 1 aliphatic heterocycles. The fraction of sp³-hybridized carbons (Fsp3) is 0.733. The zero-order valence-corrected chi connectivity index (χ0v) is 12.6. The Bertz CT molecular complexity index is 388. The van der Waals surface area contributed by atoms with Gasteiger partial charge in [-0.3, -0.25) is 4.98 Å². The fourth-order valence-corrected chi connectivity index (χ4v) is 2.70. The monoisotopic (exact) mass is 262 g/mol. The van der Waals surface area contributed by atoms with E-state index in [2.05, 4.69) is 47.9 Å². The highest BCUT2D eigenvalue weighted by Gasteiger charge is 2.27. The Hall–Kier alpha value is -1.16. The summed E-state index contributed by atoms with van der Waals surface area (Å²) in [6, 6.07) is 0.578. The van der Waals surface area contributed by atoms with Crippen LogP contribution in [-0.4, -0.2) is 29.1 Å². The normalized spacial score (nSPS) is 23.3. The minimum absolute atomic E-state index is 0.578. The molecule has 1 N–H and O–H groups in total. The molecule has 0 radical (unpaired) electrons. The minimum atomic E-state index is 0.578. The molecule has 19 heavy (non-hydrogen) atoms. The van der Waals surface area contributed by atoms with Gasteiger partial charge in [-0.1, -0.05) is 20.8 Å². The Balaban J connectivity index is 1.91. The SMILES string of the molecule is CC(C)CNCc1cnc(N2CC(C)CC2C)cn1. The van der Waals surface area contributed by atoms with Crippen LogP contribution in [0.15, 0.2) is 12.4 Å². The van der Waals surface area contributed by atoms with Crippen molar-refractivity contribution in [3.05, 3.63) is 18.1 Å². The third-order valence-corrected chi connectivity index (χ3v) is 3.63. The molecule has 106 valence electrons. The van der Waals surface area contributed by atoms with Gasteiger partial charge in [-0.05, 0) is 31.7 Å². The van der Waals surface area contributed by atoms with E-state index < -0.39 is 0 Å². The van der Waals surface area contributed by atoms with Crippen LogP contribution in [0, 0.1) is 11.8 Å². The molecule has 0 saturated carbocycles. The van der Waals surface area contributed by atoms with Gasteiger partial charge in [-0.15, -0.1) is 0 Å². The van der Waals surface area contributed by atoms with E-state index in [1.165, 1.54) is 6.42 Å². The largest absolute Gasteiger partial charge is 0.352 e. The van der Waals surface area contributed by atoms with E-state index in [1.54, 1.807) is 0 Å². The van der Waals surface area contributed by atoms with Gasteiger partial charge in [0.05, 0.1) is 18.1 Å². The van der Waals surface area contributed by atoms with Crippen molar-refractivity contribution in [1.82, 2.24) is 15.3 Å². The van der Waals surface area contributed by atoms with E-state index in [-0.39, 0.29) is 0 Å². The average molecular weight is 262 g/mol. The van der Waals surface area contributed by atoms with Crippen molar-refractivity contribution in [2.24, 2.45) is 11.8 Å². The van der Waals surface area contributed by atoms with Crippen molar-refractivity contribution in [3.8, 4) is 0 Å². The summed E-state index contributed by atoms with van der Waals surface area (Å²) >= 11 is 0. The van der Waals surface area contributed by atoms with Gasteiger partial charge < -0.3 is 10.2 Å². The highest BCUT2D eigenvalue weighted by atomic mass is 15.2. The summed E-state index contributed by atoms with van der Waals surface area (Å²) in [5.74, 6) is 2.44. The second kappa shape index (κ2) is 6.33. The van der Waals surface area contributed by atoms with Crippen molar-refractivity contribution >= 4 is 5.82 Å². The van der Waals surface area contributed by atoms with Crippen LogP contribution in [0.2, 0.25) is 0 Å². The lowest BCUT2D eigenvalue weighted by atomic mass is 10.1. The second-order valence-corrected chi connectivity index (χ2v) is 6.23. The molecule has 1 fully saturated rings. The quantitative estimate of drug-likeness (QED) is 0.885. The van der Waals surface area contributed by atoms with Gasteiger partial charge in [0, 0.05) is 19.1 Å². The van der Waals surface area contributed by atoms with Gasteiger partial charge >= 0.3 is 0 Å². The number of hydrogen-bond donors (Lipinski definition) is 1. The number of nitrogens with zero attached hydrogens (tertiary/aromatic N) is 3. The van der Waals surface area contributed by atoms with E-state index in [9.17, 15) is 0 Å². The van der Waals surface area contributed by atoms with Crippen LogP contribution in [0.1, 0.15) is 39.8 Å². The summed E-state index contributed by atoms with van der Waals surface area (Å²) < 4.78 is 0. The molecule has 4 heteroatoms. The van der Waals surface area contributed by atoms with E-state index in [0.29, 0.717) is 12.0 Å². The van der Waals surface area contributed by atoms with Crippen molar-refractivity contribution < 1.29 is 0 Å². The summed E-state index contributed by atoms with van der Waals surface area (Å²) in [6.07, 6.45) is 5.07. The van der Waals surface area contributed by atoms with Crippen LogP contribution in [-0.2, 0) is 6.54 Å². The molecule has 1 aromatic rings. The smallest absolute Gasteiger partial charge is 0.147 e. The molecule has 2 rings (SSSR count). The minimum Gasteiger partial charge on any atom is -0.352 e. The molecule has 1 saturated heterocycles. The fourth-order valence-electron chi connectivity index (χ4n) is 2.70. The summed E-state index contributed by atoms with van der Waals surface area (Å²) in [4.78, 5) is 11.4. The Morgan fingerprint density at radius 2 is 2.11 bits per heavy atom. The average Bonchev–Trinajstić information content (AvgIpc) is 2.69. The van der Waals surface area contributed by atoms with Gasteiger partial charge in [0.15, 0.2) is 0 Å². The van der Waals surface area contributed by atoms with Crippen molar-refractivity contribution in [2.75, 3.05) is 18.0 Å².